The number of hydrogen-bond acceptors (Lipinski definition) is 4. The minimum absolute atomic E-state index is 0.162. The summed E-state index contributed by atoms with van der Waals surface area (Å²) in [5, 5.41) is 12.9. The van der Waals surface area contributed by atoms with Crippen molar-refractivity contribution < 1.29 is 8.42 Å². The molecule has 0 aromatic heterocycles. The van der Waals surface area contributed by atoms with E-state index in [-0.39, 0.29) is 4.90 Å². The molecule has 1 aliphatic rings. The molecular weight excluding hydrogens is 272 g/mol. The van der Waals surface area contributed by atoms with E-state index in [2.05, 4.69) is 5.32 Å². The number of halogens is 1. The maximum atomic E-state index is 12.6. The van der Waals surface area contributed by atoms with Gasteiger partial charge in [-0.05, 0) is 50.2 Å². The second-order valence-electron chi connectivity index (χ2n) is 4.31. The third-order valence-electron chi connectivity index (χ3n) is 3.25. The minimum atomic E-state index is -3.65. The van der Waals surface area contributed by atoms with Crippen molar-refractivity contribution >= 4 is 21.4 Å². The average Bonchev–Trinajstić information content (AvgIpc) is 2.40. The van der Waals surface area contributed by atoms with Crippen LogP contribution in [0.5, 0.6) is 0 Å². The number of sulfone groups is 1. The summed E-state index contributed by atoms with van der Waals surface area (Å²) in [6.07, 6.45) is 0.628. The van der Waals surface area contributed by atoms with Gasteiger partial charge in [0, 0.05) is 5.02 Å². The van der Waals surface area contributed by atoms with Crippen LogP contribution in [0.15, 0.2) is 29.2 Å². The molecule has 6 heteroatoms. The molecule has 0 amide bonds. The van der Waals surface area contributed by atoms with Crippen LogP contribution in [0.2, 0.25) is 5.02 Å². The lowest BCUT2D eigenvalue weighted by Gasteiger charge is -2.30. The molecular formula is C12H13ClN2O2S. The van der Waals surface area contributed by atoms with Gasteiger partial charge in [-0.2, -0.15) is 5.26 Å². The molecule has 96 valence electrons. The van der Waals surface area contributed by atoms with Crippen molar-refractivity contribution in [2.45, 2.75) is 22.5 Å². The summed E-state index contributed by atoms with van der Waals surface area (Å²) < 4.78 is 23.8. The molecule has 0 atom stereocenters. The molecule has 1 aromatic carbocycles. The van der Waals surface area contributed by atoms with Crippen LogP contribution in [-0.4, -0.2) is 26.3 Å². The van der Waals surface area contributed by atoms with Crippen LogP contribution in [0, 0.1) is 11.3 Å². The lowest BCUT2D eigenvalue weighted by Crippen LogP contribution is -2.46. The fourth-order valence-electron chi connectivity index (χ4n) is 2.11. The maximum absolute atomic E-state index is 12.6. The molecule has 4 nitrogen and oxygen atoms in total. The first-order valence-corrected chi connectivity index (χ1v) is 7.50. The second-order valence-corrected chi connectivity index (χ2v) is 7.01. The standard InChI is InChI=1S/C12H13ClN2O2S/c13-10-1-3-11(4-2-10)18(16,17)12(9-14)5-7-15-8-6-12/h1-4,15H,5-8H2. The highest BCUT2D eigenvalue weighted by Crippen LogP contribution is 2.33. The van der Waals surface area contributed by atoms with E-state index in [9.17, 15) is 13.7 Å². The first kappa shape index (κ1) is 13.3. The monoisotopic (exact) mass is 284 g/mol. The Hall–Kier alpha value is -1.09. The lowest BCUT2D eigenvalue weighted by atomic mass is 9.99. The Morgan fingerprint density at radius 1 is 1.22 bits per heavy atom. The lowest BCUT2D eigenvalue weighted by molar-refractivity contribution is 0.444. The Bertz CT molecular complexity index is 569. The van der Waals surface area contributed by atoms with Gasteiger partial charge < -0.3 is 5.32 Å². The van der Waals surface area contributed by atoms with Crippen molar-refractivity contribution in [3.05, 3.63) is 29.3 Å². The van der Waals surface area contributed by atoms with Gasteiger partial charge in [0.15, 0.2) is 14.6 Å². The second kappa shape index (κ2) is 4.88. The Morgan fingerprint density at radius 2 is 1.78 bits per heavy atom. The van der Waals surface area contributed by atoms with Crippen LogP contribution < -0.4 is 5.32 Å². The number of nitrogens with one attached hydrogen (secondary N) is 1. The third-order valence-corrected chi connectivity index (χ3v) is 5.93. The number of rotatable bonds is 2. The summed E-state index contributed by atoms with van der Waals surface area (Å²) in [7, 11) is -3.65. The zero-order valence-corrected chi connectivity index (χ0v) is 11.3. The highest BCUT2D eigenvalue weighted by molar-refractivity contribution is 7.93. The van der Waals surface area contributed by atoms with E-state index in [1.807, 2.05) is 6.07 Å². The van der Waals surface area contributed by atoms with Crippen molar-refractivity contribution in [2.75, 3.05) is 13.1 Å². The molecule has 2 rings (SSSR count). The summed E-state index contributed by atoms with van der Waals surface area (Å²) in [6.45, 7) is 1.08. The summed E-state index contributed by atoms with van der Waals surface area (Å²) in [6, 6.07) is 7.98. The molecule has 1 aliphatic heterocycles. The van der Waals surface area contributed by atoms with Gasteiger partial charge in [-0.3, -0.25) is 0 Å². The average molecular weight is 285 g/mol. The molecule has 0 radical (unpaired) electrons. The van der Waals surface area contributed by atoms with E-state index in [1.54, 1.807) is 0 Å². The maximum Gasteiger partial charge on any atom is 0.197 e. The first-order chi connectivity index (χ1) is 8.52. The molecule has 1 saturated heterocycles. The molecule has 0 saturated carbocycles. The predicted molar refractivity (Wildman–Crippen MR) is 69.1 cm³/mol. The van der Waals surface area contributed by atoms with Crippen molar-refractivity contribution in [2.24, 2.45) is 0 Å². The normalized spacial score (nSPS) is 19.1. The van der Waals surface area contributed by atoms with Crippen LogP contribution in [0.1, 0.15) is 12.8 Å². The van der Waals surface area contributed by atoms with Gasteiger partial charge >= 0.3 is 0 Å². The number of hydrogen-bond donors (Lipinski definition) is 1. The van der Waals surface area contributed by atoms with Crippen LogP contribution in [-0.2, 0) is 9.84 Å². The van der Waals surface area contributed by atoms with Crippen molar-refractivity contribution in [3.63, 3.8) is 0 Å². The summed E-state index contributed by atoms with van der Waals surface area (Å²) in [5.41, 5.74) is 0. The zero-order valence-electron chi connectivity index (χ0n) is 9.69. The largest absolute Gasteiger partial charge is 0.317 e. The number of nitriles is 1. The van der Waals surface area contributed by atoms with Crippen LogP contribution in [0.25, 0.3) is 0 Å². The minimum Gasteiger partial charge on any atom is -0.317 e. The van der Waals surface area contributed by atoms with Gasteiger partial charge in [0.2, 0.25) is 0 Å². The fourth-order valence-corrected chi connectivity index (χ4v) is 4.04. The zero-order chi connectivity index (χ0) is 13.2. The van der Waals surface area contributed by atoms with Crippen LogP contribution >= 0.6 is 11.6 Å². The molecule has 1 aromatic rings. The van der Waals surface area contributed by atoms with E-state index in [4.69, 9.17) is 11.6 Å². The van der Waals surface area contributed by atoms with Gasteiger partial charge in [-0.1, -0.05) is 11.6 Å². The van der Waals surface area contributed by atoms with Gasteiger partial charge in [0.1, 0.15) is 0 Å². The Morgan fingerprint density at radius 3 is 2.28 bits per heavy atom. The van der Waals surface area contributed by atoms with Gasteiger partial charge in [-0.15, -0.1) is 0 Å². The number of piperidine rings is 1. The smallest absolute Gasteiger partial charge is 0.197 e. The Balaban J connectivity index is 2.47. The molecule has 0 spiro atoms. The molecule has 0 unspecified atom stereocenters. The molecule has 0 bridgehead atoms. The summed E-state index contributed by atoms with van der Waals surface area (Å²) >= 11 is 5.75. The number of benzene rings is 1. The fraction of sp³-hybridized carbons (Fsp3) is 0.417. The highest BCUT2D eigenvalue weighted by Gasteiger charge is 2.45. The molecule has 1 fully saturated rings. The first-order valence-electron chi connectivity index (χ1n) is 5.64. The Kier molecular flexibility index (Phi) is 3.62. The van der Waals surface area contributed by atoms with E-state index >= 15 is 0 Å². The SMILES string of the molecule is N#CC1(S(=O)(=O)c2ccc(Cl)cc2)CCNCC1. The predicted octanol–water partition coefficient (Wildman–Crippen LogP) is 1.76. The van der Waals surface area contributed by atoms with E-state index in [1.165, 1.54) is 24.3 Å². The molecule has 0 aliphatic carbocycles. The van der Waals surface area contributed by atoms with Crippen LogP contribution in [0.4, 0.5) is 0 Å². The summed E-state index contributed by atoms with van der Waals surface area (Å²) in [5.74, 6) is 0. The van der Waals surface area contributed by atoms with Gasteiger partial charge in [-0.25, -0.2) is 8.42 Å². The molecule has 1 heterocycles. The topological polar surface area (TPSA) is 70.0 Å². The quantitative estimate of drug-likeness (QED) is 0.898. The van der Waals surface area contributed by atoms with Crippen molar-refractivity contribution in [1.82, 2.24) is 5.32 Å². The van der Waals surface area contributed by atoms with Crippen molar-refractivity contribution in [1.29, 1.82) is 5.26 Å². The Labute approximate surface area is 111 Å². The summed E-state index contributed by atoms with van der Waals surface area (Å²) in [4.78, 5) is 0.162. The molecule has 1 N–H and O–H groups in total. The van der Waals surface area contributed by atoms with E-state index < -0.39 is 14.6 Å². The van der Waals surface area contributed by atoms with E-state index in [0.717, 1.165) is 0 Å². The van der Waals surface area contributed by atoms with E-state index in [0.29, 0.717) is 31.0 Å². The number of nitrogens with zero attached hydrogens (tertiary/aromatic N) is 1. The van der Waals surface area contributed by atoms with Crippen molar-refractivity contribution in [3.8, 4) is 6.07 Å². The molecule has 18 heavy (non-hydrogen) atoms. The third kappa shape index (κ3) is 2.12. The van der Waals surface area contributed by atoms with Crippen LogP contribution in [0.3, 0.4) is 0 Å². The highest BCUT2D eigenvalue weighted by atomic mass is 35.5. The van der Waals surface area contributed by atoms with Gasteiger partial charge in [0.05, 0.1) is 11.0 Å². The van der Waals surface area contributed by atoms with Gasteiger partial charge in [0.25, 0.3) is 0 Å².